The SMILES string of the molecule is Cc1ccc(-c2nc(CN(CCO)CC(F)F)cs2)cc1. The molecule has 0 spiro atoms. The average Bonchev–Trinajstić information content (AvgIpc) is 2.87. The molecule has 0 saturated heterocycles. The second-order valence-electron chi connectivity index (χ2n) is 4.86. The van der Waals surface area contributed by atoms with E-state index in [0.717, 1.165) is 16.3 Å². The number of benzene rings is 1. The lowest BCUT2D eigenvalue weighted by atomic mass is 10.2. The van der Waals surface area contributed by atoms with Gasteiger partial charge in [0.15, 0.2) is 0 Å². The summed E-state index contributed by atoms with van der Waals surface area (Å²) in [5.74, 6) is 0. The van der Waals surface area contributed by atoms with Crippen molar-refractivity contribution in [2.75, 3.05) is 19.7 Å². The lowest BCUT2D eigenvalue weighted by molar-refractivity contribution is 0.0741. The maximum atomic E-state index is 12.5. The highest BCUT2D eigenvalue weighted by Crippen LogP contribution is 2.24. The average molecular weight is 312 g/mol. The van der Waals surface area contributed by atoms with E-state index in [1.54, 1.807) is 0 Å². The van der Waals surface area contributed by atoms with Gasteiger partial charge in [-0.1, -0.05) is 29.8 Å². The van der Waals surface area contributed by atoms with Gasteiger partial charge >= 0.3 is 0 Å². The lowest BCUT2D eigenvalue weighted by Crippen LogP contribution is -2.31. The molecule has 1 heterocycles. The molecule has 0 saturated carbocycles. The molecule has 0 bridgehead atoms. The van der Waals surface area contributed by atoms with Crippen molar-refractivity contribution >= 4 is 11.3 Å². The van der Waals surface area contributed by atoms with Gasteiger partial charge in [-0.25, -0.2) is 13.8 Å². The predicted molar refractivity (Wildman–Crippen MR) is 80.7 cm³/mol. The quantitative estimate of drug-likeness (QED) is 0.853. The Bertz CT molecular complexity index is 557. The van der Waals surface area contributed by atoms with Gasteiger partial charge in [-0.2, -0.15) is 0 Å². The minimum Gasteiger partial charge on any atom is -0.395 e. The van der Waals surface area contributed by atoms with Crippen molar-refractivity contribution in [2.45, 2.75) is 19.9 Å². The summed E-state index contributed by atoms with van der Waals surface area (Å²) in [6.07, 6.45) is -2.41. The Kier molecular flexibility index (Phi) is 5.78. The predicted octanol–water partition coefficient (Wildman–Crippen LogP) is 3.18. The molecule has 3 nitrogen and oxygen atoms in total. The molecule has 0 aliphatic heterocycles. The van der Waals surface area contributed by atoms with Crippen LogP contribution in [-0.4, -0.2) is 41.1 Å². The standard InChI is InChI=1S/C15H18F2N2OS/c1-11-2-4-12(5-3-11)15-18-13(10-21-15)8-19(6-7-20)9-14(16)17/h2-5,10,14,20H,6-9H2,1H3. The first kappa shape index (κ1) is 16.0. The number of hydrogen-bond acceptors (Lipinski definition) is 4. The van der Waals surface area contributed by atoms with Crippen LogP contribution in [-0.2, 0) is 6.54 Å². The maximum Gasteiger partial charge on any atom is 0.251 e. The first-order valence-electron chi connectivity index (χ1n) is 6.71. The van der Waals surface area contributed by atoms with E-state index in [0.29, 0.717) is 6.54 Å². The molecule has 0 amide bonds. The number of rotatable bonds is 7. The van der Waals surface area contributed by atoms with Crippen molar-refractivity contribution in [2.24, 2.45) is 0 Å². The largest absolute Gasteiger partial charge is 0.395 e. The first-order chi connectivity index (χ1) is 10.1. The fourth-order valence-electron chi connectivity index (χ4n) is 2.01. The van der Waals surface area contributed by atoms with Crippen molar-refractivity contribution in [3.8, 4) is 10.6 Å². The molecule has 0 unspecified atom stereocenters. The van der Waals surface area contributed by atoms with E-state index in [4.69, 9.17) is 5.11 Å². The number of aliphatic hydroxyl groups is 1. The summed E-state index contributed by atoms with van der Waals surface area (Å²) in [4.78, 5) is 6.00. The Morgan fingerprint density at radius 2 is 2.00 bits per heavy atom. The number of hydrogen-bond donors (Lipinski definition) is 1. The fourth-order valence-corrected chi connectivity index (χ4v) is 2.83. The highest BCUT2D eigenvalue weighted by Gasteiger charge is 2.14. The number of halogens is 2. The molecule has 6 heteroatoms. The van der Waals surface area contributed by atoms with Gasteiger partial charge < -0.3 is 5.11 Å². The zero-order valence-corrected chi connectivity index (χ0v) is 12.6. The summed E-state index contributed by atoms with van der Waals surface area (Å²) in [5.41, 5.74) is 2.96. The molecule has 21 heavy (non-hydrogen) atoms. The maximum absolute atomic E-state index is 12.5. The second kappa shape index (κ2) is 7.59. The van der Waals surface area contributed by atoms with Gasteiger partial charge in [0.05, 0.1) is 18.8 Å². The summed E-state index contributed by atoms with van der Waals surface area (Å²) in [7, 11) is 0. The van der Waals surface area contributed by atoms with Crippen molar-refractivity contribution in [1.29, 1.82) is 0 Å². The zero-order chi connectivity index (χ0) is 15.2. The van der Waals surface area contributed by atoms with Crippen LogP contribution < -0.4 is 0 Å². The van der Waals surface area contributed by atoms with Crippen LogP contribution in [0.3, 0.4) is 0 Å². The Balaban J connectivity index is 2.06. The van der Waals surface area contributed by atoms with Crippen LogP contribution >= 0.6 is 11.3 Å². The molecule has 1 aromatic heterocycles. The van der Waals surface area contributed by atoms with E-state index < -0.39 is 6.43 Å². The van der Waals surface area contributed by atoms with Gasteiger partial charge in [0.1, 0.15) is 5.01 Å². The summed E-state index contributed by atoms with van der Waals surface area (Å²) in [5, 5.41) is 11.7. The van der Waals surface area contributed by atoms with Gasteiger partial charge in [-0.15, -0.1) is 11.3 Å². The molecule has 0 aliphatic carbocycles. The van der Waals surface area contributed by atoms with Crippen LogP contribution in [0, 0.1) is 6.92 Å². The van der Waals surface area contributed by atoms with E-state index in [1.807, 2.05) is 36.6 Å². The highest BCUT2D eigenvalue weighted by molar-refractivity contribution is 7.13. The molecule has 114 valence electrons. The van der Waals surface area contributed by atoms with E-state index >= 15 is 0 Å². The summed E-state index contributed by atoms with van der Waals surface area (Å²) < 4.78 is 25.0. The molecule has 0 aliphatic rings. The molecule has 1 N–H and O–H groups in total. The highest BCUT2D eigenvalue weighted by atomic mass is 32.1. The number of nitrogens with zero attached hydrogens (tertiary/aromatic N) is 2. The fraction of sp³-hybridized carbons (Fsp3) is 0.400. The third-order valence-corrected chi connectivity index (χ3v) is 3.99. The molecular weight excluding hydrogens is 294 g/mol. The monoisotopic (exact) mass is 312 g/mol. The first-order valence-corrected chi connectivity index (χ1v) is 7.59. The smallest absolute Gasteiger partial charge is 0.251 e. The van der Waals surface area contributed by atoms with Gasteiger partial charge in [0.2, 0.25) is 0 Å². The third-order valence-electron chi connectivity index (χ3n) is 3.05. The third kappa shape index (κ3) is 4.84. The molecule has 0 atom stereocenters. The number of thiazole rings is 1. The normalized spacial score (nSPS) is 11.5. The Hall–Kier alpha value is -1.37. The molecule has 0 fully saturated rings. The Labute approximate surface area is 126 Å². The van der Waals surface area contributed by atoms with Gasteiger partial charge in [-0.3, -0.25) is 4.90 Å². The second-order valence-corrected chi connectivity index (χ2v) is 5.72. The molecular formula is C15H18F2N2OS. The van der Waals surface area contributed by atoms with Gasteiger partial charge in [-0.05, 0) is 6.92 Å². The number of aryl methyl sites for hydroxylation is 1. The van der Waals surface area contributed by atoms with Crippen LogP contribution in [0.4, 0.5) is 8.78 Å². The zero-order valence-electron chi connectivity index (χ0n) is 11.8. The number of alkyl halides is 2. The summed E-state index contributed by atoms with van der Waals surface area (Å²) in [6.45, 7) is 2.09. The van der Waals surface area contributed by atoms with Gasteiger partial charge in [0.25, 0.3) is 6.43 Å². The minimum absolute atomic E-state index is 0.137. The van der Waals surface area contributed by atoms with E-state index in [2.05, 4.69) is 4.98 Å². The van der Waals surface area contributed by atoms with Crippen LogP contribution in [0.5, 0.6) is 0 Å². The summed E-state index contributed by atoms with van der Waals surface area (Å²) >= 11 is 1.50. The van der Waals surface area contributed by atoms with Crippen molar-refractivity contribution in [1.82, 2.24) is 9.88 Å². The lowest BCUT2D eigenvalue weighted by Gasteiger charge is -2.19. The molecule has 2 aromatic rings. The molecule has 0 radical (unpaired) electrons. The van der Waals surface area contributed by atoms with Crippen LogP contribution in [0.2, 0.25) is 0 Å². The van der Waals surface area contributed by atoms with Crippen molar-refractivity contribution in [3.63, 3.8) is 0 Å². The van der Waals surface area contributed by atoms with Gasteiger partial charge in [0, 0.05) is 24.0 Å². The van der Waals surface area contributed by atoms with Crippen LogP contribution in [0.1, 0.15) is 11.3 Å². The molecule has 1 aromatic carbocycles. The Morgan fingerprint density at radius 1 is 1.29 bits per heavy atom. The van der Waals surface area contributed by atoms with Crippen molar-refractivity contribution < 1.29 is 13.9 Å². The van der Waals surface area contributed by atoms with Crippen LogP contribution in [0.15, 0.2) is 29.6 Å². The van der Waals surface area contributed by atoms with Crippen LogP contribution in [0.25, 0.3) is 10.6 Å². The summed E-state index contributed by atoms with van der Waals surface area (Å²) in [6, 6.07) is 8.04. The minimum atomic E-state index is -2.41. The van der Waals surface area contributed by atoms with E-state index in [1.165, 1.54) is 21.8 Å². The topological polar surface area (TPSA) is 36.4 Å². The van der Waals surface area contributed by atoms with E-state index in [9.17, 15) is 8.78 Å². The van der Waals surface area contributed by atoms with E-state index in [-0.39, 0.29) is 19.7 Å². The number of aliphatic hydroxyl groups excluding tert-OH is 1. The van der Waals surface area contributed by atoms with Crippen molar-refractivity contribution in [3.05, 3.63) is 40.9 Å². The Morgan fingerprint density at radius 3 is 2.62 bits per heavy atom. The molecule has 2 rings (SSSR count). The number of aromatic nitrogens is 1.